The van der Waals surface area contributed by atoms with Gasteiger partial charge in [0, 0.05) is 28.6 Å². The number of nitrogen functional groups attached to an aromatic ring is 1. The van der Waals surface area contributed by atoms with Crippen LogP contribution in [0.25, 0.3) is 0 Å². The molecule has 3 N–H and O–H groups in total. The number of benzene rings is 1. The lowest BCUT2D eigenvalue weighted by molar-refractivity contribution is 0.0928. The first-order chi connectivity index (χ1) is 10.1. The summed E-state index contributed by atoms with van der Waals surface area (Å²) in [7, 11) is 0. The molecule has 2 aromatic rings. The number of halogens is 1. The van der Waals surface area contributed by atoms with Crippen LogP contribution in [0.15, 0.2) is 41.4 Å². The number of carbonyl (C=O) groups is 1. The van der Waals surface area contributed by atoms with Gasteiger partial charge in [0.1, 0.15) is 0 Å². The standard InChI is InChI=1S/C15H17BrN4O/c16-12-5-4-10(17)8-11(12)15(21)19-13-2-1-3-14(13)20-7-6-18-9-20/h4-9,13-14H,1-3,17H2,(H,19,21). The van der Waals surface area contributed by atoms with Gasteiger partial charge in [0.15, 0.2) is 0 Å². The molecule has 0 radical (unpaired) electrons. The van der Waals surface area contributed by atoms with E-state index in [0.29, 0.717) is 11.3 Å². The number of rotatable bonds is 3. The lowest BCUT2D eigenvalue weighted by atomic mass is 10.1. The number of carbonyl (C=O) groups excluding carboxylic acids is 1. The van der Waals surface area contributed by atoms with Crippen LogP contribution < -0.4 is 11.1 Å². The highest BCUT2D eigenvalue weighted by Crippen LogP contribution is 2.30. The largest absolute Gasteiger partial charge is 0.399 e. The van der Waals surface area contributed by atoms with E-state index in [4.69, 9.17) is 5.73 Å². The summed E-state index contributed by atoms with van der Waals surface area (Å²) in [5.74, 6) is -0.0915. The summed E-state index contributed by atoms with van der Waals surface area (Å²) in [5, 5.41) is 3.13. The van der Waals surface area contributed by atoms with Crippen molar-refractivity contribution < 1.29 is 4.79 Å². The van der Waals surface area contributed by atoms with E-state index in [2.05, 4.69) is 30.8 Å². The van der Waals surface area contributed by atoms with Crippen LogP contribution in [-0.4, -0.2) is 21.5 Å². The molecule has 110 valence electrons. The highest BCUT2D eigenvalue weighted by atomic mass is 79.9. The monoisotopic (exact) mass is 348 g/mol. The first-order valence-corrected chi connectivity index (χ1v) is 7.78. The smallest absolute Gasteiger partial charge is 0.252 e. The maximum Gasteiger partial charge on any atom is 0.252 e. The molecule has 2 atom stereocenters. The molecular weight excluding hydrogens is 332 g/mol. The van der Waals surface area contributed by atoms with E-state index >= 15 is 0 Å². The predicted octanol–water partition coefficient (Wildman–Crippen LogP) is 2.75. The number of hydrogen-bond donors (Lipinski definition) is 2. The molecule has 1 aromatic heterocycles. The van der Waals surface area contributed by atoms with Crippen LogP contribution >= 0.6 is 15.9 Å². The molecule has 1 aromatic carbocycles. The summed E-state index contributed by atoms with van der Waals surface area (Å²) in [6.07, 6.45) is 8.67. The fourth-order valence-electron chi connectivity index (χ4n) is 2.89. The van der Waals surface area contributed by atoms with Crippen molar-refractivity contribution in [2.24, 2.45) is 0 Å². The Bertz CT molecular complexity index is 641. The fourth-order valence-corrected chi connectivity index (χ4v) is 3.32. The zero-order valence-electron chi connectivity index (χ0n) is 11.5. The van der Waals surface area contributed by atoms with E-state index in [1.807, 2.05) is 12.5 Å². The molecule has 6 heteroatoms. The summed E-state index contributed by atoms with van der Waals surface area (Å²) >= 11 is 3.40. The van der Waals surface area contributed by atoms with Crippen molar-refractivity contribution in [2.45, 2.75) is 31.3 Å². The Morgan fingerprint density at radius 2 is 2.29 bits per heavy atom. The quantitative estimate of drug-likeness (QED) is 0.837. The van der Waals surface area contributed by atoms with Crippen LogP contribution in [0.5, 0.6) is 0 Å². The first-order valence-electron chi connectivity index (χ1n) is 6.98. The number of nitrogens with one attached hydrogen (secondary N) is 1. The van der Waals surface area contributed by atoms with Gasteiger partial charge in [-0.3, -0.25) is 4.79 Å². The zero-order valence-corrected chi connectivity index (χ0v) is 13.1. The molecule has 2 unspecified atom stereocenters. The van der Waals surface area contributed by atoms with Crippen molar-refractivity contribution in [3.8, 4) is 0 Å². The summed E-state index contributed by atoms with van der Waals surface area (Å²) in [6.45, 7) is 0. The van der Waals surface area contributed by atoms with Crippen molar-refractivity contribution in [2.75, 3.05) is 5.73 Å². The van der Waals surface area contributed by atoms with Crippen molar-refractivity contribution in [1.29, 1.82) is 0 Å². The molecule has 1 heterocycles. The summed E-state index contributed by atoms with van der Waals surface area (Å²) in [6, 6.07) is 5.66. The number of anilines is 1. The third kappa shape index (κ3) is 2.95. The van der Waals surface area contributed by atoms with Crippen LogP contribution in [-0.2, 0) is 0 Å². The Morgan fingerprint density at radius 1 is 1.43 bits per heavy atom. The van der Waals surface area contributed by atoms with Gasteiger partial charge in [0.25, 0.3) is 5.91 Å². The summed E-state index contributed by atoms with van der Waals surface area (Å²) in [5.41, 5.74) is 6.92. The molecule has 0 bridgehead atoms. The second-order valence-corrected chi connectivity index (χ2v) is 6.18. The number of imidazole rings is 1. The topological polar surface area (TPSA) is 72.9 Å². The normalized spacial score (nSPS) is 21.4. The van der Waals surface area contributed by atoms with Crippen molar-refractivity contribution >= 4 is 27.5 Å². The molecule has 0 saturated heterocycles. The van der Waals surface area contributed by atoms with Crippen LogP contribution in [0.4, 0.5) is 5.69 Å². The van der Waals surface area contributed by atoms with Crippen LogP contribution in [0.3, 0.4) is 0 Å². The van der Waals surface area contributed by atoms with E-state index < -0.39 is 0 Å². The minimum atomic E-state index is -0.0915. The Kier molecular flexibility index (Phi) is 3.96. The highest BCUT2D eigenvalue weighted by Gasteiger charge is 2.30. The first kappa shape index (κ1) is 14.1. The van der Waals surface area contributed by atoms with Crippen LogP contribution in [0.1, 0.15) is 35.7 Å². The summed E-state index contributed by atoms with van der Waals surface area (Å²) in [4.78, 5) is 16.6. The van der Waals surface area contributed by atoms with Crippen molar-refractivity contribution in [3.63, 3.8) is 0 Å². The molecule has 1 aliphatic carbocycles. The molecule has 1 aliphatic rings. The molecule has 0 spiro atoms. The van der Waals surface area contributed by atoms with Gasteiger partial charge in [-0.15, -0.1) is 0 Å². The van der Waals surface area contributed by atoms with Crippen molar-refractivity contribution in [1.82, 2.24) is 14.9 Å². The van der Waals surface area contributed by atoms with Crippen LogP contribution in [0.2, 0.25) is 0 Å². The fraction of sp³-hybridized carbons (Fsp3) is 0.333. The Labute approximate surface area is 131 Å². The van der Waals surface area contributed by atoms with Gasteiger partial charge in [-0.05, 0) is 53.4 Å². The van der Waals surface area contributed by atoms with E-state index in [1.54, 1.807) is 24.4 Å². The molecular formula is C15H17BrN4O. The molecule has 21 heavy (non-hydrogen) atoms. The summed E-state index contributed by atoms with van der Waals surface area (Å²) < 4.78 is 2.83. The number of amides is 1. The maximum absolute atomic E-state index is 12.5. The number of nitrogens with two attached hydrogens (primary N) is 1. The minimum absolute atomic E-state index is 0.0915. The average molecular weight is 349 g/mol. The molecule has 1 saturated carbocycles. The highest BCUT2D eigenvalue weighted by molar-refractivity contribution is 9.10. The lowest BCUT2D eigenvalue weighted by Crippen LogP contribution is -2.38. The second-order valence-electron chi connectivity index (χ2n) is 5.33. The zero-order chi connectivity index (χ0) is 14.8. The van der Waals surface area contributed by atoms with Crippen LogP contribution in [0, 0.1) is 0 Å². The number of aromatic nitrogens is 2. The van der Waals surface area contributed by atoms with Gasteiger partial charge in [0.05, 0.1) is 17.9 Å². The molecule has 1 amide bonds. The predicted molar refractivity (Wildman–Crippen MR) is 84.9 cm³/mol. The molecule has 5 nitrogen and oxygen atoms in total. The lowest BCUT2D eigenvalue weighted by Gasteiger charge is -2.22. The number of nitrogens with zero attached hydrogens (tertiary/aromatic N) is 2. The van der Waals surface area contributed by atoms with E-state index in [1.165, 1.54) is 0 Å². The van der Waals surface area contributed by atoms with E-state index in [-0.39, 0.29) is 18.0 Å². The van der Waals surface area contributed by atoms with Gasteiger partial charge in [-0.1, -0.05) is 0 Å². The van der Waals surface area contributed by atoms with Crippen molar-refractivity contribution in [3.05, 3.63) is 47.0 Å². The van der Waals surface area contributed by atoms with E-state index in [0.717, 1.165) is 23.7 Å². The van der Waals surface area contributed by atoms with Gasteiger partial charge in [-0.2, -0.15) is 0 Å². The number of hydrogen-bond acceptors (Lipinski definition) is 3. The third-order valence-electron chi connectivity index (χ3n) is 3.94. The minimum Gasteiger partial charge on any atom is -0.399 e. The SMILES string of the molecule is Nc1ccc(Br)c(C(=O)NC2CCCC2n2ccnc2)c1. The second kappa shape index (κ2) is 5.89. The average Bonchev–Trinajstić information content (AvgIpc) is 3.11. The van der Waals surface area contributed by atoms with Gasteiger partial charge >= 0.3 is 0 Å². The van der Waals surface area contributed by atoms with Gasteiger partial charge in [-0.25, -0.2) is 4.98 Å². The Morgan fingerprint density at radius 3 is 3.05 bits per heavy atom. The Hall–Kier alpha value is -1.82. The molecule has 1 fully saturated rings. The van der Waals surface area contributed by atoms with Gasteiger partial charge in [0.2, 0.25) is 0 Å². The maximum atomic E-state index is 12.5. The van der Waals surface area contributed by atoms with E-state index in [9.17, 15) is 4.79 Å². The molecule has 0 aliphatic heterocycles. The third-order valence-corrected chi connectivity index (χ3v) is 4.63. The Balaban J connectivity index is 1.76. The molecule has 3 rings (SSSR count). The van der Waals surface area contributed by atoms with Gasteiger partial charge < -0.3 is 15.6 Å².